The average molecular weight is 427 g/mol. The number of rotatable bonds is 4. The smallest absolute Gasteiger partial charge is 0.257 e. The minimum atomic E-state index is -0.0347. The molecule has 3 aromatic rings. The number of thiocarbonyl (C=S) groups is 1. The highest BCUT2D eigenvalue weighted by Gasteiger charge is 2.32. The summed E-state index contributed by atoms with van der Waals surface area (Å²) in [6, 6.07) is 6.80. The highest BCUT2D eigenvalue weighted by atomic mass is 32.1. The lowest BCUT2D eigenvalue weighted by molar-refractivity contribution is 0.0584. The highest BCUT2D eigenvalue weighted by molar-refractivity contribution is 7.80. The van der Waals surface area contributed by atoms with Crippen LogP contribution >= 0.6 is 12.2 Å². The van der Waals surface area contributed by atoms with Crippen LogP contribution in [-0.2, 0) is 9.47 Å². The Labute approximate surface area is 180 Å². The lowest BCUT2D eigenvalue weighted by atomic mass is 9.92. The zero-order valence-corrected chi connectivity index (χ0v) is 18.3. The van der Waals surface area contributed by atoms with Crippen LogP contribution in [0.5, 0.6) is 0 Å². The number of benzene rings is 1. The van der Waals surface area contributed by atoms with Gasteiger partial charge < -0.3 is 23.9 Å². The summed E-state index contributed by atoms with van der Waals surface area (Å²) in [5.41, 5.74) is 5.11. The number of imidazole rings is 1. The molecule has 1 atom stereocenters. The topological polar surface area (TPSA) is 74.3 Å². The fourth-order valence-corrected chi connectivity index (χ4v) is 5.07. The molecule has 7 nitrogen and oxygen atoms in total. The van der Waals surface area contributed by atoms with E-state index in [1.54, 1.807) is 7.11 Å². The van der Waals surface area contributed by atoms with Crippen molar-refractivity contribution in [1.82, 2.24) is 20.0 Å². The van der Waals surface area contributed by atoms with Gasteiger partial charge in [-0.3, -0.25) is 0 Å². The summed E-state index contributed by atoms with van der Waals surface area (Å²) in [6.07, 6.45) is 4.61. The van der Waals surface area contributed by atoms with Crippen molar-refractivity contribution in [1.29, 1.82) is 0 Å². The molecule has 0 radical (unpaired) electrons. The van der Waals surface area contributed by atoms with Gasteiger partial charge in [0.2, 0.25) is 0 Å². The summed E-state index contributed by atoms with van der Waals surface area (Å²) in [6.45, 7) is 4.42. The Morgan fingerprint density at radius 1 is 1.20 bits per heavy atom. The van der Waals surface area contributed by atoms with E-state index in [0.29, 0.717) is 23.9 Å². The van der Waals surface area contributed by atoms with E-state index in [9.17, 15) is 0 Å². The first-order chi connectivity index (χ1) is 14.5. The molecule has 0 bridgehead atoms. The largest absolute Gasteiger partial charge is 0.468 e. The maximum absolute atomic E-state index is 5.58. The van der Waals surface area contributed by atoms with Gasteiger partial charge in [0.25, 0.3) is 5.17 Å². The first-order valence-electron chi connectivity index (χ1n) is 10.5. The quantitative estimate of drug-likeness (QED) is 0.621. The van der Waals surface area contributed by atoms with Crippen LogP contribution in [0.3, 0.4) is 0 Å². The van der Waals surface area contributed by atoms with E-state index in [1.807, 2.05) is 13.8 Å². The zero-order valence-electron chi connectivity index (χ0n) is 17.5. The van der Waals surface area contributed by atoms with Gasteiger partial charge in [0, 0.05) is 18.7 Å². The van der Waals surface area contributed by atoms with Gasteiger partial charge in [-0.2, -0.15) is 0 Å². The van der Waals surface area contributed by atoms with Crippen molar-refractivity contribution >= 4 is 28.4 Å². The third-order valence-electron chi connectivity index (χ3n) is 6.37. The molecule has 158 valence electrons. The molecule has 5 rings (SSSR count). The van der Waals surface area contributed by atoms with Gasteiger partial charge in [0.05, 0.1) is 22.8 Å². The Hall–Kier alpha value is -2.45. The van der Waals surface area contributed by atoms with Crippen LogP contribution in [0.25, 0.3) is 22.2 Å². The fraction of sp³-hybridized carbons (Fsp3) is 0.500. The van der Waals surface area contributed by atoms with E-state index in [-0.39, 0.29) is 6.04 Å². The molecule has 0 amide bonds. The van der Waals surface area contributed by atoms with E-state index in [1.165, 1.54) is 0 Å². The van der Waals surface area contributed by atoms with E-state index >= 15 is 0 Å². The number of hydrogen-bond acceptors (Lipinski definition) is 6. The first kappa shape index (κ1) is 19.5. The number of hydrogen-bond donors (Lipinski definition) is 1. The zero-order chi connectivity index (χ0) is 20.8. The molecule has 1 aliphatic carbocycles. The lowest BCUT2D eigenvalue weighted by Gasteiger charge is -2.30. The maximum Gasteiger partial charge on any atom is 0.257 e. The van der Waals surface area contributed by atoms with Crippen molar-refractivity contribution in [3.05, 3.63) is 35.5 Å². The monoisotopic (exact) mass is 426 g/mol. The van der Waals surface area contributed by atoms with E-state index < -0.39 is 0 Å². The molecule has 3 heterocycles. The normalized spacial score (nSPS) is 24.2. The van der Waals surface area contributed by atoms with Gasteiger partial charge in [0.15, 0.2) is 0 Å². The number of methoxy groups -OCH3 is 1. The van der Waals surface area contributed by atoms with E-state index in [4.69, 9.17) is 31.2 Å². The molecule has 0 spiro atoms. The van der Waals surface area contributed by atoms with Crippen LogP contribution in [0.15, 0.2) is 22.7 Å². The number of fused-ring (bicyclic) bond motifs is 1. The minimum Gasteiger partial charge on any atom is -0.468 e. The Kier molecular flexibility index (Phi) is 4.99. The SMILES string of the molecule is COC1CCC(n2c(C3COC(=S)N3)nc3cc(-c4c(C)noc4C)ccc32)CC1. The second kappa shape index (κ2) is 7.67. The Morgan fingerprint density at radius 2 is 2.00 bits per heavy atom. The molecule has 2 aliphatic rings. The predicted molar refractivity (Wildman–Crippen MR) is 117 cm³/mol. The predicted octanol–water partition coefficient (Wildman–Crippen LogP) is 4.38. The Balaban J connectivity index is 1.60. The first-order valence-corrected chi connectivity index (χ1v) is 10.9. The van der Waals surface area contributed by atoms with Gasteiger partial charge in [0.1, 0.15) is 24.2 Å². The summed E-state index contributed by atoms with van der Waals surface area (Å²) in [4.78, 5) is 5.05. The summed E-state index contributed by atoms with van der Waals surface area (Å²) in [7, 11) is 1.81. The van der Waals surface area contributed by atoms with Crippen LogP contribution in [-0.4, -0.2) is 39.7 Å². The van der Waals surface area contributed by atoms with Crippen molar-refractivity contribution in [3.63, 3.8) is 0 Å². The molecule has 30 heavy (non-hydrogen) atoms. The van der Waals surface area contributed by atoms with Crippen LogP contribution < -0.4 is 5.32 Å². The fourth-order valence-electron chi connectivity index (χ4n) is 4.86. The Morgan fingerprint density at radius 3 is 2.63 bits per heavy atom. The van der Waals surface area contributed by atoms with Crippen molar-refractivity contribution in [3.8, 4) is 11.1 Å². The Bertz CT molecular complexity index is 1080. The second-order valence-electron chi connectivity index (χ2n) is 8.20. The lowest BCUT2D eigenvalue weighted by Crippen LogP contribution is -2.27. The van der Waals surface area contributed by atoms with Gasteiger partial charge in [-0.25, -0.2) is 4.98 Å². The number of nitrogens with zero attached hydrogens (tertiary/aromatic N) is 3. The van der Waals surface area contributed by atoms with Gasteiger partial charge in [-0.15, -0.1) is 0 Å². The van der Waals surface area contributed by atoms with Crippen LogP contribution in [0.2, 0.25) is 0 Å². The van der Waals surface area contributed by atoms with Gasteiger partial charge >= 0.3 is 0 Å². The van der Waals surface area contributed by atoms with Crippen LogP contribution in [0, 0.1) is 13.8 Å². The minimum absolute atomic E-state index is 0.0347. The average Bonchev–Trinajstić information content (AvgIpc) is 3.44. The van der Waals surface area contributed by atoms with E-state index in [2.05, 4.69) is 33.2 Å². The number of ether oxygens (including phenoxy) is 2. The molecule has 2 aromatic heterocycles. The van der Waals surface area contributed by atoms with Crippen molar-refractivity contribution < 1.29 is 14.0 Å². The molecule has 1 N–H and O–H groups in total. The molecule has 1 unspecified atom stereocenters. The summed E-state index contributed by atoms with van der Waals surface area (Å²) in [5.74, 6) is 1.81. The third-order valence-corrected chi connectivity index (χ3v) is 6.60. The number of aromatic nitrogens is 3. The molecule has 1 aromatic carbocycles. The molecule has 1 saturated carbocycles. The van der Waals surface area contributed by atoms with Gasteiger partial charge in [-0.05, 0) is 69.4 Å². The third kappa shape index (κ3) is 3.28. The standard InChI is InChI=1S/C22H26N4O3S/c1-12-20(13(2)29-25-12)14-4-9-19-17(10-14)23-21(18-11-28-22(30)24-18)26(19)15-5-7-16(27-3)8-6-15/h4,9-10,15-16,18H,5-8,11H2,1-3H3,(H,24,30). The molecular weight excluding hydrogens is 400 g/mol. The molecule has 2 fully saturated rings. The molecule has 1 aliphatic heterocycles. The van der Waals surface area contributed by atoms with Gasteiger partial charge in [-0.1, -0.05) is 11.2 Å². The number of aryl methyl sites for hydroxylation is 2. The second-order valence-corrected chi connectivity index (χ2v) is 8.58. The highest BCUT2D eigenvalue weighted by Crippen LogP contribution is 2.37. The van der Waals surface area contributed by atoms with E-state index in [0.717, 1.165) is 65.1 Å². The van der Waals surface area contributed by atoms with Crippen molar-refractivity contribution in [2.75, 3.05) is 13.7 Å². The maximum atomic E-state index is 5.58. The van der Waals surface area contributed by atoms with Crippen molar-refractivity contribution in [2.45, 2.75) is 57.7 Å². The molecule has 1 saturated heterocycles. The molecular formula is C22H26N4O3S. The van der Waals surface area contributed by atoms with Crippen molar-refractivity contribution in [2.24, 2.45) is 0 Å². The summed E-state index contributed by atoms with van der Waals surface area (Å²) < 4.78 is 18.9. The molecule has 8 heteroatoms. The summed E-state index contributed by atoms with van der Waals surface area (Å²) in [5, 5.41) is 7.81. The van der Waals surface area contributed by atoms with Crippen LogP contribution in [0.1, 0.15) is 55.0 Å². The number of nitrogens with one attached hydrogen (secondary N) is 1. The summed E-state index contributed by atoms with van der Waals surface area (Å²) >= 11 is 5.21. The van der Waals surface area contributed by atoms with Crippen LogP contribution in [0.4, 0.5) is 0 Å².